The first-order valence-corrected chi connectivity index (χ1v) is 9.75. The number of nitrogens with one attached hydrogen (secondary N) is 1. The van der Waals surface area contributed by atoms with Gasteiger partial charge < -0.3 is 10.2 Å². The van der Waals surface area contributed by atoms with Gasteiger partial charge in [-0.05, 0) is 55.2 Å². The largest absolute Gasteiger partial charge is 0.369 e. The van der Waals surface area contributed by atoms with Gasteiger partial charge in [0.15, 0.2) is 5.69 Å². The van der Waals surface area contributed by atoms with Gasteiger partial charge in [-0.2, -0.15) is 5.10 Å². The van der Waals surface area contributed by atoms with Crippen molar-refractivity contribution in [3.05, 3.63) is 70.9 Å². The van der Waals surface area contributed by atoms with E-state index in [1.165, 1.54) is 22.4 Å². The molecule has 2 aromatic carbocycles. The molecule has 3 aromatic rings. The summed E-state index contributed by atoms with van der Waals surface area (Å²) in [5.74, 6) is -0.127. The molecule has 0 radical (unpaired) electrons. The van der Waals surface area contributed by atoms with Crippen molar-refractivity contribution in [1.29, 1.82) is 0 Å². The zero-order valence-corrected chi connectivity index (χ0v) is 16.7. The monoisotopic (exact) mass is 374 g/mol. The van der Waals surface area contributed by atoms with Gasteiger partial charge >= 0.3 is 0 Å². The summed E-state index contributed by atoms with van der Waals surface area (Å²) in [5, 5.41) is 7.43. The van der Waals surface area contributed by atoms with Crippen molar-refractivity contribution < 1.29 is 4.79 Å². The number of rotatable bonds is 5. The summed E-state index contributed by atoms with van der Waals surface area (Å²) in [4.78, 5) is 14.9. The second kappa shape index (κ2) is 7.50. The minimum absolute atomic E-state index is 0.127. The molecule has 0 saturated heterocycles. The van der Waals surface area contributed by atoms with Crippen LogP contribution < -0.4 is 10.2 Å². The van der Waals surface area contributed by atoms with Gasteiger partial charge in [0.1, 0.15) is 0 Å². The minimum atomic E-state index is -0.127. The van der Waals surface area contributed by atoms with Gasteiger partial charge in [-0.15, -0.1) is 0 Å². The first-order valence-electron chi connectivity index (χ1n) is 9.75. The Morgan fingerprint density at radius 2 is 1.93 bits per heavy atom. The highest BCUT2D eigenvalue weighted by Gasteiger charge is 2.19. The minimum Gasteiger partial charge on any atom is -0.369 e. The van der Waals surface area contributed by atoms with E-state index in [4.69, 9.17) is 0 Å². The normalized spacial score (nSPS) is 12.9. The Balaban J connectivity index is 1.40. The maximum atomic E-state index is 12.6. The van der Waals surface area contributed by atoms with Crippen LogP contribution >= 0.6 is 0 Å². The molecule has 0 atom stereocenters. The molecule has 0 fully saturated rings. The Kier molecular flexibility index (Phi) is 4.90. The molecule has 5 nitrogen and oxygen atoms in total. The number of carbonyl (C=O) groups is 1. The average Bonchev–Trinajstić information content (AvgIpc) is 3.28. The molecule has 1 aliphatic rings. The van der Waals surface area contributed by atoms with Crippen molar-refractivity contribution in [2.45, 2.75) is 20.3 Å². The number of fused-ring (bicyclic) bond motifs is 1. The highest BCUT2D eigenvalue weighted by atomic mass is 16.1. The van der Waals surface area contributed by atoms with Gasteiger partial charge in [-0.3, -0.25) is 9.48 Å². The van der Waals surface area contributed by atoms with Gasteiger partial charge in [-0.25, -0.2) is 0 Å². The molecule has 1 aromatic heterocycles. The smallest absolute Gasteiger partial charge is 0.271 e. The van der Waals surface area contributed by atoms with E-state index in [1.807, 2.05) is 13.1 Å². The fourth-order valence-corrected chi connectivity index (χ4v) is 3.78. The van der Waals surface area contributed by atoms with Crippen molar-refractivity contribution in [2.24, 2.45) is 7.05 Å². The van der Waals surface area contributed by atoms with E-state index in [-0.39, 0.29) is 5.91 Å². The zero-order valence-electron chi connectivity index (χ0n) is 16.7. The number of nitrogens with zero attached hydrogens (tertiary/aromatic N) is 3. The molecule has 4 rings (SSSR count). The first kappa shape index (κ1) is 18.3. The molecule has 0 bridgehead atoms. The number of benzene rings is 2. The molecule has 0 spiro atoms. The van der Waals surface area contributed by atoms with E-state index in [0.717, 1.165) is 30.8 Å². The third-order valence-electron chi connectivity index (χ3n) is 5.57. The highest BCUT2D eigenvalue weighted by molar-refractivity contribution is 5.93. The number of amides is 1. The van der Waals surface area contributed by atoms with Crippen LogP contribution in [0.4, 0.5) is 5.69 Å². The third-order valence-corrected chi connectivity index (χ3v) is 5.57. The Bertz CT molecular complexity index is 1020. The standard InChI is InChI=1S/C23H26N4O/c1-16-8-9-19(14-17(16)2)22-15-20(25-26(22)3)23(28)24-11-13-27-12-10-18-6-4-5-7-21(18)27/h4-9,14-15H,10-13H2,1-3H3,(H,24,28). The van der Waals surface area contributed by atoms with E-state index < -0.39 is 0 Å². The van der Waals surface area contributed by atoms with Crippen molar-refractivity contribution in [3.8, 4) is 11.3 Å². The summed E-state index contributed by atoms with van der Waals surface area (Å²) in [6.45, 7) is 6.61. The second-order valence-corrected chi connectivity index (χ2v) is 7.46. The lowest BCUT2D eigenvalue weighted by Gasteiger charge is -2.19. The van der Waals surface area contributed by atoms with Crippen LogP contribution in [0.2, 0.25) is 0 Å². The van der Waals surface area contributed by atoms with Crippen LogP contribution in [0.1, 0.15) is 27.2 Å². The number of hydrogen-bond acceptors (Lipinski definition) is 3. The second-order valence-electron chi connectivity index (χ2n) is 7.46. The van der Waals surface area contributed by atoms with Gasteiger partial charge in [0.05, 0.1) is 5.69 Å². The number of aromatic nitrogens is 2. The zero-order chi connectivity index (χ0) is 19.7. The van der Waals surface area contributed by atoms with Crippen molar-refractivity contribution in [3.63, 3.8) is 0 Å². The van der Waals surface area contributed by atoms with Crippen molar-refractivity contribution in [2.75, 3.05) is 24.5 Å². The number of carbonyl (C=O) groups excluding carboxylic acids is 1. The van der Waals surface area contributed by atoms with E-state index in [2.05, 4.69) is 71.6 Å². The molecular weight excluding hydrogens is 348 g/mol. The Labute approximate surface area is 166 Å². The van der Waals surface area contributed by atoms with Crippen molar-refractivity contribution in [1.82, 2.24) is 15.1 Å². The lowest BCUT2D eigenvalue weighted by Crippen LogP contribution is -2.34. The predicted octanol–water partition coefficient (Wildman–Crippen LogP) is 3.50. The fraction of sp³-hybridized carbons (Fsp3) is 0.304. The quantitative estimate of drug-likeness (QED) is 0.744. The first-order chi connectivity index (χ1) is 13.5. The molecule has 0 saturated carbocycles. The van der Waals surface area contributed by atoms with E-state index in [1.54, 1.807) is 4.68 Å². The van der Waals surface area contributed by atoms with Gasteiger partial charge in [0.2, 0.25) is 0 Å². The molecule has 144 valence electrons. The maximum Gasteiger partial charge on any atom is 0.271 e. The van der Waals surface area contributed by atoms with Gasteiger partial charge in [-0.1, -0.05) is 30.3 Å². The van der Waals surface area contributed by atoms with Crippen LogP contribution in [-0.4, -0.2) is 35.3 Å². The number of hydrogen-bond donors (Lipinski definition) is 1. The van der Waals surface area contributed by atoms with Crippen LogP contribution in [0.25, 0.3) is 11.3 Å². The van der Waals surface area contributed by atoms with Crippen LogP contribution in [0.5, 0.6) is 0 Å². The lowest BCUT2D eigenvalue weighted by molar-refractivity contribution is 0.0949. The summed E-state index contributed by atoms with van der Waals surface area (Å²) >= 11 is 0. The van der Waals surface area contributed by atoms with E-state index in [0.29, 0.717) is 12.2 Å². The maximum absolute atomic E-state index is 12.6. The summed E-state index contributed by atoms with van der Waals surface area (Å²) in [6.07, 6.45) is 1.07. The lowest BCUT2D eigenvalue weighted by atomic mass is 10.0. The van der Waals surface area contributed by atoms with Crippen LogP contribution in [-0.2, 0) is 13.5 Å². The fourth-order valence-electron chi connectivity index (χ4n) is 3.78. The molecule has 1 N–H and O–H groups in total. The summed E-state index contributed by atoms with van der Waals surface area (Å²) in [6, 6.07) is 16.7. The number of aryl methyl sites for hydroxylation is 3. The Morgan fingerprint density at radius 3 is 2.75 bits per heavy atom. The molecule has 0 unspecified atom stereocenters. The summed E-state index contributed by atoms with van der Waals surface area (Å²) < 4.78 is 1.77. The molecule has 5 heteroatoms. The SMILES string of the molecule is Cc1ccc(-c2cc(C(=O)NCCN3CCc4ccccc43)nn2C)cc1C. The van der Waals surface area contributed by atoms with Crippen LogP contribution in [0.15, 0.2) is 48.5 Å². The molecule has 0 aliphatic carbocycles. The van der Waals surface area contributed by atoms with Crippen molar-refractivity contribution >= 4 is 11.6 Å². The van der Waals surface area contributed by atoms with E-state index >= 15 is 0 Å². The van der Waals surface area contributed by atoms with Crippen LogP contribution in [0.3, 0.4) is 0 Å². The topological polar surface area (TPSA) is 50.2 Å². The molecule has 1 aliphatic heterocycles. The van der Waals surface area contributed by atoms with Crippen LogP contribution in [0, 0.1) is 13.8 Å². The number of anilines is 1. The Morgan fingerprint density at radius 1 is 1.11 bits per heavy atom. The summed E-state index contributed by atoms with van der Waals surface area (Å²) in [7, 11) is 1.88. The number of para-hydroxylation sites is 1. The third kappa shape index (κ3) is 3.52. The van der Waals surface area contributed by atoms with E-state index in [9.17, 15) is 4.79 Å². The Hall–Kier alpha value is -3.08. The average molecular weight is 374 g/mol. The molecular formula is C23H26N4O. The molecule has 28 heavy (non-hydrogen) atoms. The van der Waals surface area contributed by atoms with Gasteiger partial charge in [0.25, 0.3) is 5.91 Å². The summed E-state index contributed by atoms with van der Waals surface area (Å²) in [5.41, 5.74) is 7.64. The molecule has 2 heterocycles. The predicted molar refractivity (Wildman–Crippen MR) is 113 cm³/mol. The molecule has 1 amide bonds. The highest BCUT2D eigenvalue weighted by Crippen LogP contribution is 2.26. The van der Waals surface area contributed by atoms with Gasteiger partial charge in [0, 0.05) is 37.9 Å².